The highest BCUT2D eigenvalue weighted by atomic mass is 16.2. The van der Waals surface area contributed by atoms with Gasteiger partial charge in [-0.15, -0.1) is 0 Å². The van der Waals surface area contributed by atoms with Crippen molar-refractivity contribution in [3.8, 4) is 0 Å². The molecule has 2 heterocycles. The standard InChI is InChI=1S/C16H30N2O/c1-12-5-7-17(8-6-12)15(4)16(19)18-10-13(2)9-14(3)11-18/h12-15H,5-11H2,1-4H3. The van der Waals surface area contributed by atoms with Gasteiger partial charge in [0, 0.05) is 13.1 Å². The Kier molecular flexibility index (Phi) is 4.88. The Bertz CT molecular complexity index is 300. The smallest absolute Gasteiger partial charge is 0.239 e. The molecule has 0 spiro atoms. The van der Waals surface area contributed by atoms with E-state index in [2.05, 4.69) is 37.5 Å². The normalized spacial score (nSPS) is 32.3. The molecule has 2 saturated heterocycles. The van der Waals surface area contributed by atoms with Crippen LogP contribution >= 0.6 is 0 Å². The molecule has 2 aliphatic rings. The van der Waals surface area contributed by atoms with Crippen molar-refractivity contribution in [2.24, 2.45) is 17.8 Å². The molecule has 19 heavy (non-hydrogen) atoms. The number of hydrogen-bond acceptors (Lipinski definition) is 2. The summed E-state index contributed by atoms with van der Waals surface area (Å²) >= 11 is 0. The molecule has 110 valence electrons. The highest BCUT2D eigenvalue weighted by molar-refractivity contribution is 5.81. The van der Waals surface area contributed by atoms with Crippen LogP contribution in [0.4, 0.5) is 0 Å². The zero-order chi connectivity index (χ0) is 14.0. The van der Waals surface area contributed by atoms with Gasteiger partial charge in [-0.25, -0.2) is 0 Å². The van der Waals surface area contributed by atoms with Crippen LogP contribution < -0.4 is 0 Å². The molecule has 0 aliphatic carbocycles. The summed E-state index contributed by atoms with van der Waals surface area (Å²) in [7, 11) is 0. The number of amides is 1. The van der Waals surface area contributed by atoms with Crippen LogP contribution in [0.3, 0.4) is 0 Å². The number of piperidine rings is 2. The van der Waals surface area contributed by atoms with Crippen molar-refractivity contribution in [3.63, 3.8) is 0 Å². The quantitative estimate of drug-likeness (QED) is 0.767. The Hall–Kier alpha value is -0.570. The molecule has 0 aromatic rings. The summed E-state index contributed by atoms with van der Waals surface area (Å²) in [6.07, 6.45) is 3.74. The van der Waals surface area contributed by atoms with Crippen LogP contribution in [0.2, 0.25) is 0 Å². The predicted octanol–water partition coefficient (Wildman–Crippen LogP) is 2.61. The van der Waals surface area contributed by atoms with Crippen molar-refractivity contribution in [1.82, 2.24) is 9.80 Å². The number of likely N-dealkylation sites (tertiary alicyclic amines) is 2. The molecular formula is C16H30N2O. The van der Waals surface area contributed by atoms with Gasteiger partial charge in [-0.05, 0) is 57.0 Å². The molecule has 3 heteroatoms. The maximum absolute atomic E-state index is 12.7. The van der Waals surface area contributed by atoms with Gasteiger partial charge in [0.05, 0.1) is 6.04 Å². The summed E-state index contributed by atoms with van der Waals surface area (Å²) in [4.78, 5) is 17.1. The second kappa shape index (κ2) is 6.25. The number of hydrogen-bond donors (Lipinski definition) is 0. The van der Waals surface area contributed by atoms with Gasteiger partial charge in [-0.3, -0.25) is 9.69 Å². The van der Waals surface area contributed by atoms with E-state index in [4.69, 9.17) is 0 Å². The fraction of sp³-hybridized carbons (Fsp3) is 0.938. The van der Waals surface area contributed by atoms with Crippen molar-refractivity contribution in [3.05, 3.63) is 0 Å². The summed E-state index contributed by atoms with van der Waals surface area (Å²) in [6, 6.07) is 0.0741. The molecule has 0 bridgehead atoms. The SMILES string of the molecule is CC1CCN(C(C)C(=O)N2CC(C)CC(C)C2)CC1. The minimum absolute atomic E-state index is 0.0741. The van der Waals surface area contributed by atoms with E-state index in [1.165, 1.54) is 19.3 Å². The Morgan fingerprint density at radius 3 is 2.05 bits per heavy atom. The van der Waals surface area contributed by atoms with E-state index in [0.717, 1.165) is 32.1 Å². The van der Waals surface area contributed by atoms with E-state index in [-0.39, 0.29) is 6.04 Å². The van der Waals surface area contributed by atoms with Crippen LogP contribution in [0.5, 0.6) is 0 Å². The van der Waals surface area contributed by atoms with E-state index >= 15 is 0 Å². The number of nitrogens with zero attached hydrogens (tertiary/aromatic N) is 2. The summed E-state index contributed by atoms with van der Waals surface area (Å²) in [5.41, 5.74) is 0. The lowest BCUT2D eigenvalue weighted by Crippen LogP contribution is -2.52. The summed E-state index contributed by atoms with van der Waals surface area (Å²) < 4.78 is 0. The van der Waals surface area contributed by atoms with E-state index in [1.807, 2.05) is 0 Å². The molecule has 1 amide bonds. The zero-order valence-corrected chi connectivity index (χ0v) is 13.1. The molecule has 2 rings (SSSR count). The van der Waals surface area contributed by atoms with Gasteiger partial charge in [0.25, 0.3) is 0 Å². The monoisotopic (exact) mass is 266 g/mol. The average Bonchev–Trinajstić information content (AvgIpc) is 2.37. The van der Waals surface area contributed by atoms with E-state index < -0.39 is 0 Å². The predicted molar refractivity (Wildman–Crippen MR) is 79.0 cm³/mol. The third kappa shape index (κ3) is 3.71. The highest BCUT2D eigenvalue weighted by Crippen LogP contribution is 2.23. The number of carbonyl (C=O) groups is 1. The Morgan fingerprint density at radius 1 is 1.00 bits per heavy atom. The second-order valence-electron chi connectivity index (χ2n) is 7.08. The maximum atomic E-state index is 12.7. The first-order chi connectivity index (χ1) is 8.97. The van der Waals surface area contributed by atoms with Crippen LogP contribution in [0.25, 0.3) is 0 Å². The molecule has 0 aromatic carbocycles. The maximum Gasteiger partial charge on any atom is 0.239 e. The van der Waals surface area contributed by atoms with Gasteiger partial charge < -0.3 is 4.90 Å². The Balaban J connectivity index is 1.91. The van der Waals surface area contributed by atoms with Crippen LogP contribution in [0, 0.1) is 17.8 Å². The molecule has 0 N–H and O–H groups in total. The number of rotatable bonds is 2. The van der Waals surface area contributed by atoms with Crippen molar-refractivity contribution in [2.45, 2.75) is 53.0 Å². The van der Waals surface area contributed by atoms with Gasteiger partial charge in [0.1, 0.15) is 0 Å². The van der Waals surface area contributed by atoms with E-state index in [0.29, 0.717) is 17.7 Å². The van der Waals surface area contributed by atoms with Gasteiger partial charge in [-0.1, -0.05) is 20.8 Å². The highest BCUT2D eigenvalue weighted by Gasteiger charge is 2.31. The minimum Gasteiger partial charge on any atom is -0.341 e. The van der Waals surface area contributed by atoms with Crippen molar-refractivity contribution >= 4 is 5.91 Å². The Labute approximate surface area is 118 Å². The summed E-state index contributed by atoms with van der Waals surface area (Å²) in [5.74, 6) is 2.49. The first-order valence-electron chi connectivity index (χ1n) is 8.00. The molecule has 2 fully saturated rings. The fourth-order valence-corrected chi connectivity index (χ4v) is 3.68. The zero-order valence-electron chi connectivity index (χ0n) is 13.1. The fourth-order valence-electron chi connectivity index (χ4n) is 3.68. The molecule has 3 nitrogen and oxygen atoms in total. The largest absolute Gasteiger partial charge is 0.341 e. The first kappa shape index (κ1) is 14.8. The third-order valence-electron chi connectivity index (χ3n) is 4.90. The molecule has 0 radical (unpaired) electrons. The molecule has 3 atom stereocenters. The number of carbonyl (C=O) groups excluding carboxylic acids is 1. The van der Waals surface area contributed by atoms with Crippen LogP contribution in [-0.2, 0) is 4.79 Å². The topological polar surface area (TPSA) is 23.6 Å². The Morgan fingerprint density at radius 2 is 1.53 bits per heavy atom. The summed E-state index contributed by atoms with van der Waals surface area (Å²) in [5, 5.41) is 0. The summed E-state index contributed by atoms with van der Waals surface area (Å²) in [6.45, 7) is 13.0. The molecule has 3 unspecified atom stereocenters. The lowest BCUT2D eigenvalue weighted by Gasteiger charge is -2.40. The molecule has 0 aromatic heterocycles. The van der Waals surface area contributed by atoms with E-state index in [9.17, 15) is 4.79 Å². The second-order valence-corrected chi connectivity index (χ2v) is 7.08. The third-order valence-corrected chi connectivity index (χ3v) is 4.90. The molecule has 0 saturated carbocycles. The van der Waals surface area contributed by atoms with Crippen molar-refractivity contribution < 1.29 is 4.79 Å². The molecular weight excluding hydrogens is 236 g/mol. The molecule has 2 aliphatic heterocycles. The van der Waals surface area contributed by atoms with Gasteiger partial charge in [0.15, 0.2) is 0 Å². The lowest BCUT2D eigenvalue weighted by atomic mass is 9.91. The van der Waals surface area contributed by atoms with Crippen LogP contribution in [-0.4, -0.2) is 47.9 Å². The van der Waals surface area contributed by atoms with Crippen LogP contribution in [0.1, 0.15) is 47.0 Å². The van der Waals surface area contributed by atoms with Crippen LogP contribution in [0.15, 0.2) is 0 Å². The minimum atomic E-state index is 0.0741. The van der Waals surface area contributed by atoms with Gasteiger partial charge in [0.2, 0.25) is 5.91 Å². The van der Waals surface area contributed by atoms with Gasteiger partial charge in [-0.2, -0.15) is 0 Å². The van der Waals surface area contributed by atoms with Crippen molar-refractivity contribution in [2.75, 3.05) is 26.2 Å². The van der Waals surface area contributed by atoms with Crippen molar-refractivity contribution in [1.29, 1.82) is 0 Å². The van der Waals surface area contributed by atoms with E-state index in [1.54, 1.807) is 0 Å². The first-order valence-corrected chi connectivity index (χ1v) is 8.00. The lowest BCUT2D eigenvalue weighted by molar-refractivity contribution is -0.139. The average molecular weight is 266 g/mol. The van der Waals surface area contributed by atoms with Gasteiger partial charge >= 0.3 is 0 Å².